The molecule has 0 spiro atoms. The smallest absolute Gasteiger partial charge is 0.490 e. The fourth-order valence-corrected chi connectivity index (χ4v) is 2.93. The normalized spacial score (nSPS) is 14.8. The van der Waals surface area contributed by atoms with Crippen LogP contribution in [0.25, 0.3) is 0 Å². The van der Waals surface area contributed by atoms with Crippen LogP contribution in [-0.2, 0) is 9.31 Å². The molecule has 0 saturated carbocycles. The van der Waals surface area contributed by atoms with E-state index in [0.29, 0.717) is 19.8 Å². The highest BCUT2D eigenvalue weighted by atomic mass is 19.2. The summed E-state index contributed by atoms with van der Waals surface area (Å²) in [4.78, 5) is 0. The number of halogens is 2. The van der Waals surface area contributed by atoms with Gasteiger partial charge in [-0.2, -0.15) is 4.39 Å². The van der Waals surface area contributed by atoms with E-state index in [0.717, 1.165) is 19.3 Å². The minimum atomic E-state index is -0.963. The maximum absolute atomic E-state index is 14.2. The van der Waals surface area contributed by atoms with E-state index >= 15 is 0 Å². The molecule has 1 saturated heterocycles. The van der Waals surface area contributed by atoms with Gasteiger partial charge in [0.25, 0.3) is 0 Å². The van der Waals surface area contributed by atoms with Gasteiger partial charge in [0.15, 0.2) is 17.4 Å². The van der Waals surface area contributed by atoms with Crippen molar-refractivity contribution in [2.75, 3.05) is 19.8 Å². The molecule has 3 nitrogen and oxygen atoms in total. The molecule has 6 heteroatoms. The van der Waals surface area contributed by atoms with Crippen LogP contribution in [0.3, 0.4) is 0 Å². The standard InChI is InChI=1S/C19H29BF2O3/c1-2-3-4-5-6-7-8-9-13-23-17-12-11-16(18(21)19(17)22)20-24-14-10-15-25-20/h11-12H,2-10,13-15H2,1H3. The van der Waals surface area contributed by atoms with E-state index in [1.807, 2.05) is 0 Å². The summed E-state index contributed by atoms with van der Waals surface area (Å²) < 4.78 is 44.4. The number of unbranched alkanes of at least 4 members (excludes halogenated alkanes) is 7. The predicted molar refractivity (Wildman–Crippen MR) is 96.4 cm³/mol. The molecule has 0 aliphatic carbocycles. The highest BCUT2D eigenvalue weighted by Crippen LogP contribution is 2.20. The first-order valence-corrected chi connectivity index (χ1v) is 9.58. The van der Waals surface area contributed by atoms with Crippen molar-refractivity contribution in [1.29, 1.82) is 0 Å². The average Bonchev–Trinajstić information content (AvgIpc) is 2.64. The van der Waals surface area contributed by atoms with E-state index in [2.05, 4.69) is 6.92 Å². The second-order valence-corrected chi connectivity index (χ2v) is 6.53. The van der Waals surface area contributed by atoms with Gasteiger partial charge in [-0.15, -0.1) is 0 Å². The molecule has 0 N–H and O–H groups in total. The van der Waals surface area contributed by atoms with Crippen molar-refractivity contribution in [3.8, 4) is 5.75 Å². The molecule has 1 fully saturated rings. The molecule has 0 bridgehead atoms. The third-order valence-corrected chi connectivity index (χ3v) is 4.41. The second-order valence-electron chi connectivity index (χ2n) is 6.53. The topological polar surface area (TPSA) is 27.7 Å². The van der Waals surface area contributed by atoms with Crippen LogP contribution < -0.4 is 10.2 Å². The van der Waals surface area contributed by atoms with Crippen LogP contribution in [0, 0.1) is 11.6 Å². The van der Waals surface area contributed by atoms with Gasteiger partial charge in [0.1, 0.15) is 0 Å². The minimum Gasteiger partial charge on any atom is -0.490 e. The summed E-state index contributed by atoms with van der Waals surface area (Å²) in [5.74, 6) is -1.95. The Morgan fingerprint density at radius 3 is 2.24 bits per heavy atom. The number of hydrogen-bond donors (Lipinski definition) is 0. The average molecular weight is 354 g/mol. The highest BCUT2D eigenvalue weighted by molar-refractivity contribution is 6.61. The number of rotatable bonds is 11. The Morgan fingerprint density at radius 1 is 0.920 bits per heavy atom. The molecular formula is C19H29BF2O3. The lowest BCUT2D eigenvalue weighted by Gasteiger charge is -2.20. The summed E-state index contributed by atoms with van der Waals surface area (Å²) in [6, 6.07) is 2.94. The SMILES string of the molecule is CCCCCCCCCCOc1ccc(B2OCCCO2)c(F)c1F. The highest BCUT2D eigenvalue weighted by Gasteiger charge is 2.30. The molecule has 1 aromatic rings. The molecule has 0 atom stereocenters. The summed E-state index contributed by atoms with van der Waals surface area (Å²) in [6.45, 7) is 3.59. The summed E-state index contributed by atoms with van der Waals surface area (Å²) in [5, 5.41) is 0. The Balaban J connectivity index is 1.70. The lowest BCUT2D eigenvalue weighted by molar-refractivity contribution is 0.142. The van der Waals surface area contributed by atoms with E-state index in [9.17, 15) is 8.78 Å². The quantitative estimate of drug-likeness (QED) is 0.429. The van der Waals surface area contributed by atoms with Gasteiger partial charge in [-0.05, 0) is 18.9 Å². The molecule has 0 unspecified atom stereocenters. The molecule has 0 aromatic heterocycles. The molecule has 140 valence electrons. The van der Waals surface area contributed by atoms with E-state index in [4.69, 9.17) is 14.0 Å². The van der Waals surface area contributed by atoms with Crippen LogP contribution in [0.4, 0.5) is 8.78 Å². The summed E-state index contributed by atoms with van der Waals surface area (Å²) in [5.41, 5.74) is 0.0941. The third-order valence-electron chi connectivity index (χ3n) is 4.41. The van der Waals surface area contributed by atoms with Crippen molar-refractivity contribution >= 4 is 12.6 Å². The van der Waals surface area contributed by atoms with Gasteiger partial charge in [-0.3, -0.25) is 0 Å². The molecule has 2 rings (SSSR count). The maximum Gasteiger partial charge on any atom is 0.496 e. The Labute approximate surface area is 150 Å². The summed E-state index contributed by atoms with van der Waals surface area (Å²) in [7, 11) is -0.829. The van der Waals surface area contributed by atoms with Gasteiger partial charge in [0, 0.05) is 18.7 Å². The van der Waals surface area contributed by atoms with Crippen LogP contribution in [0.1, 0.15) is 64.7 Å². The molecule has 1 aliphatic rings. The van der Waals surface area contributed by atoms with Crippen molar-refractivity contribution < 1.29 is 22.8 Å². The van der Waals surface area contributed by atoms with Crippen LogP contribution in [0.5, 0.6) is 5.75 Å². The third kappa shape index (κ3) is 6.59. The molecule has 1 aromatic carbocycles. The van der Waals surface area contributed by atoms with Crippen LogP contribution in [-0.4, -0.2) is 26.9 Å². The lowest BCUT2D eigenvalue weighted by Crippen LogP contribution is -2.43. The van der Waals surface area contributed by atoms with Gasteiger partial charge >= 0.3 is 7.12 Å². The molecule has 0 radical (unpaired) electrons. The molecular weight excluding hydrogens is 325 g/mol. The molecule has 1 aliphatic heterocycles. The zero-order chi connectivity index (χ0) is 17.9. The van der Waals surface area contributed by atoms with Crippen molar-refractivity contribution in [3.05, 3.63) is 23.8 Å². The second kappa shape index (κ2) is 11.5. The van der Waals surface area contributed by atoms with Crippen molar-refractivity contribution in [3.63, 3.8) is 0 Å². The van der Waals surface area contributed by atoms with Crippen molar-refractivity contribution in [2.24, 2.45) is 0 Å². The maximum atomic E-state index is 14.2. The van der Waals surface area contributed by atoms with Crippen LogP contribution >= 0.6 is 0 Å². The fourth-order valence-electron chi connectivity index (χ4n) is 2.93. The fraction of sp³-hybridized carbons (Fsp3) is 0.684. The largest absolute Gasteiger partial charge is 0.496 e. The Hall–Kier alpha value is -1.14. The Kier molecular flexibility index (Phi) is 9.26. The van der Waals surface area contributed by atoms with Gasteiger partial charge in [-0.1, -0.05) is 57.9 Å². The lowest BCUT2D eigenvalue weighted by atomic mass is 9.77. The van der Waals surface area contributed by atoms with E-state index in [1.54, 1.807) is 0 Å². The van der Waals surface area contributed by atoms with Crippen LogP contribution in [0.2, 0.25) is 0 Å². The molecule has 25 heavy (non-hydrogen) atoms. The first-order chi connectivity index (χ1) is 12.2. The Bertz CT molecular complexity index is 508. The first-order valence-electron chi connectivity index (χ1n) is 9.58. The predicted octanol–water partition coefficient (Wildman–Crippen LogP) is 4.62. The van der Waals surface area contributed by atoms with Crippen LogP contribution in [0.15, 0.2) is 12.1 Å². The summed E-state index contributed by atoms with van der Waals surface area (Å²) >= 11 is 0. The van der Waals surface area contributed by atoms with Gasteiger partial charge in [-0.25, -0.2) is 4.39 Å². The molecule has 1 heterocycles. The van der Waals surface area contributed by atoms with E-state index in [-0.39, 0.29) is 11.2 Å². The van der Waals surface area contributed by atoms with Gasteiger partial charge in [0.2, 0.25) is 0 Å². The summed E-state index contributed by atoms with van der Waals surface area (Å²) in [6.07, 6.45) is 10.2. The minimum absolute atomic E-state index is 0.0417. The molecule has 0 amide bonds. The first kappa shape index (κ1) is 20.2. The number of benzene rings is 1. The van der Waals surface area contributed by atoms with E-state index < -0.39 is 18.8 Å². The van der Waals surface area contributed by atoms with E-state index in [1.165, 1.54) is 50.7 Å². The van der Waals surface area contributed by atoms with Gasteiger partial charge in [0.05, 0.1) is 6.61 Å². The number of hydrogen-bond acceptors (Lipinski definition) is 3. The zero-order valence-electron chi connectivity index (χ0n) is 15.2. The van der Waals surface area contributed by atoms with Crippen molar-refractivity contribution in [1.82, 2.24) is 0 Å². The van der Waals surface area contributed by atoms with Gasteiger partial charge < -0.3 is 14.0 Å². The van der Waals surface area contributed by atoms with Crippen molar-refractivity contribution in [2.45, 2.75) is 64.7 Å². The zero-order valence-corrected chi connectivity index (χ0v) is 15.2. The monoisotopic (exact) mass is 354 g/mol. The Morgan fingerprint density at radius 2 is 1.56 bits per heavy atom. The number of ether oxygens (including phenoxy) is 1.